The van der Waals surface area contributed by atoms with Gasteiger partial charge in [-0.15, -0.1) is 0 Å². The molecule has 6 nitrogen and oxygen atoms in total. The van der Waals surface area contributed by atoms with Crippen molar-refractivity contribution in [2.75, 3.05) is 6.61 Å². The summed E-state index contributed by atoms with van der Waals surface area (Å²) in [7, 11) is -4.20. The number of carbonyl (C=O) groups is 2. The van der Waals surface area contributed by atoms with Crippen LogP contribution in [0.5, 0.6) is 0 Å². The normalized spacial score (nSPS) is 13.4. The number of ketones is 1. The molecule has 0 saturated carbocycles. The monoisotopic (exact) mass is 415 g/mol. The summed E-state index contributed by atoms with van der Waals surface area (Å²) >= 11 is 0. The van der Waals surface area contributed by atoms with Crippen molar-refractivity contribution in [1.82, 2.24) is 4.72 Å². The van der Waals surface area contributed by atoms with Gasteiger partial charge in [0.05, 0.1) is 11.5 Å². The smallest absolute Gasteiger partial charge is 0.336 e. The third-order valence-electron chi connectivity index (χ3n) is 4.53. The maximum atomic E-state index is 13.2. The molecule has 0 aromatic heterocycles. The number of hydrogen-bond donors (Lipinski definition) is 1. The summed E-state index contributed by atoms with van der Waals surface area (Å²) in [5, 5.41) is 0. The SMILES string of the molecule is C=C(C(C)=O)[C@@](NS(=O)(=O)c1ccc(C)cc1)(C(=O)OCC)c1cccc(C)c1. The molecule has 0 amide bonds. The zero-order valence-electron chi connectivity index (χ0n) is 17.0. The van der Waals surface area contributed by atoms with Gasteiger partial charge in [-0.25, -0.2) is 13.2 Å². The molecule has 0 fully saturated rings. The van der Waals surface area contributed by atoms with Gasteiger partial charge in [-0.1, -0.05) is 54.1 Å². The highest BCUT2D eigenvalue weighted by Crippen LogP contribution is 2.34. The average Bonchev–Trinajstić information content (AvgIpc) is 2.66. The number of aryl methyl sites for hydroxylation is 2. The Balaban J connectivity index is 2.76. The summed E-state index contributed by atoms with van der Waals surface area (Å²) in [6.45, 7) is 10.2. The fourth-order valence-corrected chi connectivity index (χ4v) is 4.28. The van der Waals surface area contributed by atoms with E-state index in [2.05, 4.69) is 11.3 Å². The van der Waals surface area contributed by atoms with Crippen LogP contribution < -0.4 is 4.72 Å². The standard InChI is InChI=1S/C22H25NO5S/c1-6-28-21(25)22(17(4)18(5)24,19-9-7-8-16(3)14-19)23-29(26,27)20-12-10-15(2)11-13-20/h7-14,23H,4,6H2,1-3,5H3/t22-/m0/s1. The quantitative estimate of drug-likeness (QED) is 0.528. The van der Waals surface area contributed by atoms with E-state index in [4.69, 9.17) is 4.74 Å². The molecule has 0 heterocycles. The number of nitrogens with one attached hydrogen (secondary N) is 1. The van der Waals surface area contributed by atoms with Gasteiger partial charge in [0.2, 0.25) is 10.0 Å². The van der Waals surface area contributed by atoms with Crippen LogP contribution in [0.1, 0.15) is 30.5 Å². The molecule has 1 N–H and O–H groups in total. The summed E-state index contributed by atoms with van der Waals surface area (Å²) < 4.78 is 34.0. The third-order valence-corrected chi connectivity index (χ3v) is 6.00. The van der Waals surface area contributed by atoms with E-state index in [1.54, 1.807) is 50.2 Å². The zero-order chi connectivity index (χ0) is 21.8. The lowest BCUT2D eigenvalue weighted by atomic mass is 9.82. The summed E-state index contributed by atoms with van der Waals surface area (Å²) in [4.78, 5) is 25.4. The van der Waals surface area contributed by atoms with Crippen LogP contribution in [-0.2, 0) is 29.9 Å². The van der Waals surface area contributed by atoms with Crippen molar-refractivity contribution in [3.05, 3.63) is 77.4 Å². The second-order valence-corrected chi connectivity index (χ2v) is 8.48. The van der Waals surface area contributed by atoms with Gasteiger partial charge in [0, 0.05) is 5.57 Å². The molecule has 1 atom stereocenters. The number of benzene rings is 2. The minimum atomic E-state index is -4.20. The van der Waals surface area contributed by atoms with E-state index in [9.17, 15) is 18.0 Å². The molecule has 0 aliphatic rings. The molecule has 29 heavy (non-hydrogen) atoms. The number of esters is 1. The molecule has 0 spiro atoms. The van der Waals surface area contributed by atoms with Gasteiger partial charge in [-0.05, 0) is 45.4 Å². The maximum Gasteiger partial charge on any atom is 0.336 e. The van der Waals surface area contributed by atoms with Crippen LogP contribution in [0.3, 0.4) is 0 Å². The highest BCUT2D eigenvalue weighted by Gasteiger charge is 2.49. The largest absolute Gasteiger partial charge is 0.464 e. The predicted octanol–water partition coefficient (Wildman–Crippen LogP) is 3.19. The number of rotatable bonds is 8. The lowest BCUT2D eigenvalue weighted by Crippen LogP contribution is -2.55. The molecule has 0 bridgehead atoms. The highest BCUT2D eigenvalue weighted by atomic mass is 32.2. The molecular formula is C22H25NO5S. The molecule has 154 valence electrons. The Kier molecular flexibility index (Phi) is 6.77. The lowest BCUT2D eigenvalue weighted by Gasteiger charge is -2.33. The number of Topliss-reactive ketones (excluding diaryl/α,β-unsaturated/α-hetero) is 1. The van der Waals surface area contributed by atoms with Gasteiger partial charge in [-0.2, -0.15) is 4.72 Å². The molecule has 0 aliphatic heterocycles. The van der Waals surface area contributed by atoms with Crippen LogP contribution in [-0.4, -0.2) is 26.8 Å². The van der Waals surface area contributed by atoms with Gasteiger partial charge < -0.3 is 4.74 Å². The molecule has 7 heteroatoms. The maximum absolute atomic E-state index is 13.2. The number of sulfonamides is 1. The molecular weight excluding hydrogens is 390 g/mol. The topological polar surface area (TPSA) is 89.5 Å². The Morgan fingerprint density at radius 2 is 1.69 bits per heavy atom. The van der Waals surface area contributed by atoms with E-state index >= 15 is 0 Å². The Hall–Kier alpha value is -2.77. The average molecular weight is 416 g/mol. The summed E-state index contributed by atoms with van der Waals surface area (Å²) in [6.07, 6.45) is 0. The van der Waals surface area contributed by atoms with Crippen molar-refractivity contribution in [2.45, 2.75) is 38.1 Å². The van der Waals surface area contributed by atoms with Crippen molar-refractivity contribution in [1.29, 1.82) is 0 Å². The van der Waals surface area contributed by atoms with Crippen LogP contribution in [0.2, 0.25) is 0 Å². The fourth-order valence-electron chi connectivity index (χ4n) is 2.94. The number of hydrogen-bond acceptors (Lipinski definition) is 5. The van der Waals surface area contributed by atoms with Crippen molar-refractivity contribution in [2.24, 2.45) is 0 Å². The summed E-state index contributed by atoms with van der Waals surface area (Å²) in [5.41, 5.74) is -0.393. The van der Waals surface area contributed by atoms with E-state index in [0.717, 1.165) is 11.1 Å². The lowest BCUT2D eigenvalue weighted by molar-refractivity contribution is -0.150. The van der Waals surface area contributed by atoms with Crippen LogP contribution in [0, 0.1) is 13.8 Å². The summed E-state index contributed by atoms with van der Waals surface area (Å²) in [6, 6.07) is 12.8. The van der Waals surface area contributed by atoms with E-state index < -0.39 is 27.3 Å². The molecule has 2 rings (SSSR count). The van der Waals surface area contributed by atoms with Crippen LogP contribution in [0.15, 0.2) is 65.6 Å². The molecule has 2 aromatic carbocycles. The molecule has 0 aliphatic carbocycles. The first-order chi connectivity index (χ1) is 13.5. The fraction of sp³-hybridized carbons (Fsp3) is 0.273. The Labute approximate surface area is 171 Å². The van der Waals surface area contributed by atoms with Crippen molar-refractivity contribution in [3.8, 4) is 0 Å². The van der Waals surface area contributed by atoms with E-state index in [-0.39, 0.29) is 22.6 Å². The minimum absolute atomic E-state index is 0.00381. The highest BCUT2D eigenvalue weighted by molar-refractivity contribution is 7.89. The molecule has 0 unspecified atom stereocenters. The van der Waals surface area contributed by atoms with Gasteiger partial charge >= 0.3 is 5.97 Å². The second-order valence-electron chi connectivity index (χ2n) is 6.79. The van der Waals surface area contributed by atoms with Gasteiger partial charge in [0.1, 0.15) is 0 Å². The van der Waals surface area contributed by atoms with Crippen molar-refractivity contribution < 1.29 is 22.7 Å². The van der Waals surface area contributed by atoms with E-state index in [1.807, 2.05) is 6.92 Å². The van der Waals surface area contributed by atoms with E-state index in [1.165, 1.54) is 19.1 Å². The van der Waals surface area contributed by atoms with Gasteiger partial charge in [-0.3, -0.25) is 4.79 Å². The first-order valence-electron chi connectivity index (χ1n) is 9.10. The van der Waals surface area contributed by atoms with Gasteiger partial charge in [0.15, 0.2) is 11.3 Å². The first-order valence-corrected chi connectivity index (χ1v) is 10.6. The van der Waals surface area contributed by atoms with E-state index in [0.29, 0.717) is 0 Å². The number of ether oxygens (including phenoxy) is 1. The van der Waals surface area contributed by atoms with Gasteiger partial charge in [0.25, 0.3) is 0 Å². The van der Waals surface area contributed by atoms with Crippen molar-refractivity contribution in [3.63, 3.8) is 0 Å². The Morgan fingerprint density at radius 1 is 1.07 bits per heavy atom. The molecule has 0 saturated heterocycles. The first kappa shape index (κ1) is 22.5. The number of carbonyl (C=O) groups excluding carboxylic acids is 2. The van der Waals surface area contributed by atoms with Crippen LogP contribution in [0.25, 0.3) is 0 Å². The molecule has 0 radical (unpaired) electrons. The Morgan fingerprint density at radius 3 is 2.21 bits per heavy atom. The molecule has 2 aromatic rings. The van der Waals surface area contributed by atoms with Crippen LogP contribution >= 0.6 is 0 Å². The van der Waals surface area contributed by atoms with Crippen LogP contribution in [0.4, 0.5) is 0 Å². The zero-order valence-corrected chi connectivity index (χ0v) is 17.8. The third kappa shape index (κ3) is 4.63. The Bertz CT molecular complexity index is 1040. The second kappa shape index (κ2) is 8.71. The predicted molar refractivity (Wildman–Crippen MR) is 111 cm³/mol. The van der Waals surface area contributed by atoms with Crippen molar-refractivity contribution >= 4 is 21.8 Å². The summed E-state index contributed by atoms with van der Waals surface area (Å²) in [5.74, 6) is -1.45. The minimum Gasteiger partial charge on any atom is -0.464 e.